The van der Waals surface area contributed by atoms with Crippen LogP contribution in [0.3, 0.4) is 0 Å². The van der Waals surface area contributed by atoms with E-state index in [2.05, 4.69) is 17.1 Å². The van der Waals surface area contributed by atoms with Crippen molar-refractivity contribution in [2.45, 2.75) is 38.5 Å². The fourth-order valence-corrected chi connectivity index (χ4v) is 0.954. The van der Waals surface area contributed by atoms with Gasteiger partial charge in [0.2, 0.25) is 5.89 Å². The third-order valence-corrected chi connectivity index (χ3v) is 1.76. The Labute approximate surface area is 77.1 Å². The van der Waals surface area contributed by atoms with Gasteiger partial charge in [0, 0.05) is 6.42 Å². The number of hydrogen-bond acceptors (Lipinski definition) is 3. The van der Waals surface area contributed by atoms with Crippen LogP contribution in [0, 0.1) is 0 Å². The Hall–Kier alpha value is -0.570. The van der Waals surface area contributed by atoms with E-state index in [9.17, 15) is 0 Å². The predicted molar refractivity (Wildman–Crippen MR) is 47.2 cm³/mol. The van der Waals surface area contributed by atoms with Gasteiger partial charge in [0.05, 0.1) is 0 Å². The topological polar surface area (TPSA) is 38.9 Å². The van der Waals surface area contributed by atoms with Crippen LogP contribution < -0.4 is 0 Å². The Morgan fingerprint density at radius 1 is 1.58 bits per heavy atom. The summed E-state index contributed by atoms with van der Waals surface area (Å²) in [5.41, 5.74) is 0. The van der Waals surface area contributed by atoms with Crippen molar-refractivity contribution in [2.75, 3.05) is 0 Å². The molecule has 0 fully saturated rings. The van der Waals surface area contributed by atoms with Crippen molar-refractivity contribution in [1.29, 1.82) is 0 Å². The minimum atomic E-state index is -0.187. The zero-order valence-electron chi connectivity index (χ0n) is 7.38. The van der Waals surface area contributed by atoms with Crippen molar-refractivity contribution in [3.05, 3.63) is 11.7 Å². The Morgan fingerprint density at radius 2 is 2.33 bits per heavy atom. The monoisotopic (exact) mass is 188 g/mol. The van der Waals surface area contributed by atoms with Crippen molar-refractivity contribution in [3.8, 4) is 0 Å². The number of halogens is 1. The SMILES string of the molecule is CCCCc1noc([C@@H](C)Cl)n1. The summed E-state index contributed by atoms with van der Waals surface area (Å²) in [5.74, 6) is 1.28. The number of rotatable bonds is 4. The van der Waals surface area contributed by atoms with E-state index >= 15 is 0 Å². The average Bonchev–Trinajstić information content (AvgIpc) is 2.48. The van der Waals surface area contributed by atoms with Crippen LogP contribution >= 0.6 is 11.6 Å². The highest BCUT2D eigenvalue weighted by atomic mass is 35.5. The van der Waals surface area contributed by atoms with Crippen LogP contribution in [0.15, 0.2) is 4.52 Å². The average molecular weight is 189 g/mol. The predicted octanol–water partition coefficient (Wildman–Crippen LogP) is 2.71. The molecule has 0 unspecified atom stereocenters. The molecule has 0 spiro atoms. The van der Waals surface area contributed by atoms with Gasteiger partial charge < -0.3 is 4.52 Å². The summed E-state index contributed by atoms with van der Waals surface area (Å²) in [4.78, 5) is 4.14. The number of aryl methyl sites for hydroxylation is 1. The number of alkyl halides is 1. The molecule has 0 radical (unpaired) electrons. The smallest absolute Gasteiger partial charge is 0.244 e. The zero-order chi connectivity index (χ0) is 8.97. The fourth-order valence-electron chi connectivity index (χ4n) is 0.865. The van der Waals surface area contributed by atoms with E-state index in [1.807, 2.05) is 6.92 Å². The maximum Gasteiger partial charge on any atom is 0.244 e. The Morgan fingerprint density at radius 3 is 2.83 bits per heavy atom. The van der Waals surface area contributed by atoms with Gasteiger partial charge in [-0.05, 0) is 13.3 Å². The molecule has 4 heteroatoms. The molecule has 3 nitrogen and oxygen atoms in total. The first-order valence-electron chi connectivity index (χ1n) is 4.20. The maximum absolute atomic E-state index is 5.75. The van der Waals surface area contributed by atoms with Crippen LogP contribution in [0.2, 0.25) is 0 Å². The molecule has 0 aromatic carbocycles. The summed E-state index contributed by atoms with van der Waals surface area (Å²) >= 11 is 5.75. The second-order valence-corrected chi connectivity index (χ2v) is 3.42. The van der Waals surface area contributed by atoms with Gasteiger partial charge >= 0.3 is 0 Å². The summed E-state index contributed by atoms with van der Waals surface area (Å²) in [5, 5.41) is 3.62. The third-order valence-electron chi connectivity index (χ3n) is 1.58. The van der Waals surface area contributed by atoms with Crippen molar-refractivity contribution in [1.82, 2.24) is 10.1 Å². The molecule has 1 aromatic rings. The van der Waals surface area contributed by atoms with Crippen LogP contribution in [0.1, 0.15) is 43.8 Å². The summed E-state index contributed by atoms with van der Waals surface area (Å²) in [6.45, 7) is 3.95. The van der Waals surface area contributed by atoms with Gasteiger partial charge in [-0.3, -0.25) is 0 Å². The quantitative estimate of drug-likeness (QED) is 0.682. The number of aromatic nitrogens is 2. The standard InChI is InChI=1S/C8H13ClN2O/c1-3-4-5-7-10-8(6(2)9)12-11-7/h6H,3-5H2,1-2H3/t6-/m1/s1. The Bertz CT molecular complexity index is 235. The number of nitrogens with zero attached hydrogens (tertiary/aromatic N) is 2. The molecule has 1 atom stereocenters. The van der Waals surface area contributed by atoms with E-state index in [0.717, 1.165) is 25.1 Å². The minimum absolute atomic E-state index is 0.187. The van der Waals surface area contributed by atoms with Crippen LogP contribution in [-0.4, -0.2) is 10.1 Å². The van der Waals surface area contributed by atoms with E-state index < -0.39 is 0 Å². The Kier molecular flexibility index (Phi) is 3.53. The molecular formula is C8H13ClN2O. The number of unbranched alkanes of at least 4 members (excludes halogenated alkanes) is 1. The largest absolute Gasteiger partial charge is 0.338 e. The van der Waals surface area contributed by atoms with E-state index in [-0.39, 0.29) is 5.38 Å². The molecule has 0 saturated heterocycles. The molecule has 0 saturated carbocycles. The first-order chi connectivity index (χ1) is 5.74. The first-order valence-corrected chi connectivity index (χ1v) is 4.64. The third kappa shape index (κ3) is 2.48. The van der Waals surface area contributed by atoms with Gasteiger partial charge in [-0.25, -0.2) is 0 Å². The lowest BCUT2D eigenvalue weighted by Gasteiger charge is -1.90. The van der Waals surface area contributed by atoms with Crippen molar-refractivity contribution in [2.24, 2.45) is 0 Å². The maximum atomic E-state index is 5.75. The van der Waals surface area contributed by atoms with Crippen LogP contribution in [0.5, 0.6) is 0 Å². The van der Waals surface area contributed by atoms with E-state index in [0.29, 0.717) is 5.89 Å². The van der Waals surface area contributed by atoms with Gasteiger partial charge in [0.1, 0.15) is 5.38 Å². The van der Waals surface area contributed by atoms with Crippen molar-refractivity contribution >= 4 is 11.6 Å². The van der Waals surface area contributed by atoms with Crippen LogP contribution in [0.25, 0.3) is 0 Å². The summed E-state index contributed by atoms with van der Waals surface area (Å²) in [6, 6.07) is 0. The molecule has 0 aliphatic rings. The number of hydrogen-bond donors (Lipinski definition) is 0. The normalized spacial score (nSPS) is 13.2. The van der Waals surface area contributed by atoms with E-state index in [1.165, 1.54) is 0 Å². The molecule has 68 valence electrons. The molecule has 12 heavy (non-hydrogen) atoms. The highest BCUT2D eigenvalue weighted by Crippen LogP contribution is 2.16. The molecule has 1 heterocycles. The molecule has 1 aromatic heterocycles. The van der Waals surface area contributed by atoms with E-state index in [1.54, 1.807) is 0 Å². The van der Waals surface area contributed by atoms with Crippen LogP contribution in [-0.2, 0) is 6.42 Å². The van der Waals surface area contributed by atoms with Gasteiger partial charge in [0.15, 0.2) is 5.82 Å². The second kappa shape index (κ2) is 4.45. The van der Waals surface area contributed by atoms with Gasteiger partial charge in [-0.15, -0.1) is 11.6 Å². The lowest BCUT2D eigenvalue weighted by molar-refractivity contribution is 0.373. The van der Waals surface area contributed by atoms with Crippen molar-refractivity contribution in [3.63, 3.8) is 0 Å². The minimum Gasteiger partial charge on any atom is -0.338 e. The fraction of sp³-hybridized carbons (Fsp3) is 0.750. The molecular weight excluding hydrogens is 176 g/mol. The first kappa shape index (κ1) is 9.52. The van der Waals surface area contributed by atoms with Gasteiger partial charge in [0.25, 0.3) is 0 Å². The van der Waals surface area contributed by atoms with Crippen LogP contribution in [0.4, 0.5) is 0 Å². The van der Waals surface area contributed by atoms with E-state index in [4.69, 9.17) is 16.1 Å². The molecule has 1 rings (SSSR count). The lowest BCUT2D eigenvalue weighted by atomic mass is 10.2. The summed E-state index contributed by atoms with van der Waals surface area (Å²) in [6.07, 6.45) is 3.11. The molecule has 0 amide bonds. The second-order valence-electron chi connectivity index (χ2n) is 2.77. The van der Waals surface area contributed by atoms with Gasteiger partial charge in [-0.1, -0.05) is 18.5 Å². The molecule has 0 bridgehead atoms. The highest BCUT2D eigenvalue weighted by Gasteiger charge is 2.10. The Balaban J connectivity index is 2.52. The molecule has 0 N–H and O–H groups in total. The highest BCUT2D eigenvalue weighted by molar-refractivity contribution is 6.20. The summed E-state index contributed by atoms with van der Waals surface area (Å²) < 4.78 is 4.93. The molecule has 0 aliphatic carbocycles. The lowest BCUT2D eigenvalue weighted by Crippen LogP contribution is -1.88. The van der Waals surface area contributed by atoms with Crippen molar-refractivity contribution < 1.29 is 4.52 Å². The van der Waals surface area contributed by atoms with Gasteiger partial charge in [-0.2, -0.15) is 4.98 Å². The molecule has 0 aliphatic heterocycles. The zero-order valence-corrected chi connectivity index (χ0v) is 8.14. The summed E-state index contributed by atoms with van der Waals surface area (Å²) in [7, 11) is 0.